The Labute approximate surface area is 104 Å². The second-order valence-corrected chi connectivity index (χ2v) is 7.32. The Kier molecular flexibility index (Phi) is 4.41. The van der Waals surface area contributed by atoms with Gasteiger partial charge in [-0.3, -0.25) is 0 Å². The fourth-order valence-electron chi connectivity index (χ4n) is 2.61. The number of rotatable bonds is 4. The van der Waals surface area contributed by atoms with Crippen molar-refractivity contribution in [2.24, 2.45) is 5.92 Å². The molecular weight excluding hydrogens is 238 g/mol. The minimum atomic E-state index is -3.12. The number of nitrogens with zero attached hydrogens (tertiary/aromatic N) is 1. The third-order valence-corrected chi connectivity index (χ3v) is 5.59. The van der Waals surface area contributed by atoms with Crippen molar-refractivity contribution in [2.45, 2.75) is 24.5 Å². The first-order valence-electron chi connectivity index (χ1n) is 6.45. The predicted molar refractivity (Wildman–Crippen MR) is 68.4 cm³/mol. The summed E-state index contributed by atoms with van der Waals surface area (Å²) in [4.78, 5) is 2.10. The molecule has 100 valence electrons. The third-order valence-electron chi connectivity index (χ3n) is 3.76. The van der Waals surface area contributed by atoms with Crippen LogP contribution in [0.5, 0.6) is 0 Å². The van der Waals surface area contributed by atoms with E-state index in [4.69, 9.17) is 0 Å². The lowest BCUT2D eigenvalue weighted by Gasteiger charge is -2.29. The van der Waals surface area contributed by atoms with E-state index in [9.17, 15) is 8.42 Å². The maximum atomic E-state index is 12.1. The second-order valence-electron chi connectivity index (χ2n) is 5.28. The number of piperidine rings is 1. The van der Waals surface area contributed by atoms with Gasteiger partial charge in [-0.1, -0.05) is 0 Å². The topological polar surface area (TPSA) is 61.4 Å². The number of nitrogens with one attached hydrogen (secondary N) is 2. The fourth-order valence-corrected chi connectivity index (χ4v) is 4.24. The van der Waals surface area contributed by atoms with E-state index in [1.807, 2.05) is 7.05 Å². The van der Waals surface area contributed by atoms with Gasteiger partial charge < -0.3 is 10.2 Å². The van der Waals surface area contributed by atoms with Crippen molar-refractivity contribution in [1.82, 2.24) is 14.9 Å². The van der Waals surface area contributed by atoms with Gasteiger partial charge in [-0.15, -0.1) is 0 Å². The highest BCUT2D eigenvalue weighted by molar-refractivity contribution is 7.90. The van der Waals surface area contributed by atoms with Gasteiger partial charge in [0, 0.05) is 13.1 Å². The van der Waals surface area contributed by atoms with Gasteiger partial charge in [0.1, 0.15) is 0 Å². The summed E-state index contributed by atoms with van der Waals surface area (Å²) in [6.07, 6.45) is 2.85. The summed E-state index contributed by atoms with van der Waals surface area (Å²) in [5.74, 6) is 0.464. The first-order valence-corrected chi connectivity index (χ1v) is 8.00. The van der Waals surface area contributed by atoms with Crippen LogP contribution < -0.4 is 10.0 Å². The molecule has 0 amide bonds. The lowest BCUT2D eigenvalue weighted by Crippen LogP contribution is -2.46. The van der Waals surface area contributed by atoms with Crippen LogP contribution in [0, 0.1) is 5.92 Å². The molecule has 0 aliphatic carbocycles. The quantitative estimate of drug-likeness (QED) is 0.723. The van der Waals surface area contributed by atoms with Crippen LogP contribution >= 0.6 is 0 Å². The standard InChI is InChI=1S/C11H23N3O2S/c1-14-6-2-3-11(9-14)17(15,16)13-8-10-4-5-12-7-10/h10-13H,2-9H2,1H3. The van der Waals surface area contributed by atoms with E-state index in [-0.39, 0.29) is 5.25 Å². The van der Waals surface area contributed by atoms with Crippen molar-refractivity contribution < 1.29 is 8.42 Å². The van der Waals surface area contributed by atoms with E-state index in [1.165, 1.54) is 0 Å². The van der Waals surface area contributed by atoms with E-state index in [0.29, 0.717) is 19.0 Å². The van der Waals surface area contributed by atoms with Gasteiger partial charge in [-0.05, 0) is 51.9 Å². The zero-order chi connectivity index (χ0) is 12.3. The van der Waals surface area contributed by atoms with Crippen LogP contribution in [-0.2, 0) is 10.0 Å². The molecule has 0 bridgehead atoms. The number of sulfonamides is 1. The number of likely N-dealkylation sites (tertiary alicyclic amines) is 1. The van der Waals surface area contributed by atoms with Crippen molar-refractivity contribution in [3.05, 3.63) is 0 Å². The molecule has 0 aromatic rings. The van der Waals surface area contributed by atoms with E-state index in [2.05, 4.69) is 14.9 Å². The maximum Gasteiger partial charge on any atom is 0.215 e. The normalized spacial score (nSPS) is 31.8. The van der Waals surface area contributed by atoms with Crippen LogP contribution in [0.1, 0.15) is 19.3 Å². The molecule has 0 aromatic heterocycles. The summed E-state index contributed by atoms with van der Waals surface area (Å²) in [6, 6.07) is 0. The van der Waals surface area contributed by atoms with Crippen LogP contribution in [0.25, 0.3) is 0 Å². The molecule has 0 spiro atoms. The number of hydrogen-bond donors (Lipinski definition) is 2. The molecule has 2 aliphatic rings. The van der Waals surface area contributed by atoms with Crippen molar-refractivity contribution in [2.75, 3.05) is 39.8 Å². The van der Waals surface area contributed by atoms with Gasteiger partial charge in [-0.2, -0.15) is 0 Å². The molecule has 2 unspecified atom stereocenters. The van der Waals surface area contributed by atoms with Gasteiger partial charge in [0.05, 0.1) is 5.25 Å². The zero-order valence-corrected chi connectivity index (χ0v) is 11.3. The molecule has 0 radical (unpaired) electrons. The lowest BCUT2D eigenvalue weighted by molar-refractivity contribution is 0.277. The molecule has 2 saturated heterocycles. The van der Waals surface area contributed by atoms with Crippen molar-refractivity contribution in [3.8, 4) is 0 Å². The Hall–Kier alpha value is -0.170. The molecule has 2 rings (SSSR count). The maximum absolute atomic E-state index is 12.1. The largest absolute Gasteiger partial charge is 0.316 e. The highest BCUT2D eigenvalue weighted by atomic mass is 32.2. The smallest absolute Gasteiger partial charge is 0.215 e. The van der Waals surface area contributed by atoms with Crippen molar-refractivity contribution in [1.29, 1.82) is 0 Å². The summed E-state index contributed by atoms with van der Waals surface area (Å²) in [5.41, 5.74) is 0. The summed E-state index contributed by atoms with van der Waals surface area (Å²) in [6.45, 7) is 4.22. The Bertz CT molecular complexity index is 339. The lowest BCUT2D eigenvalue weighted by atomic mass is 10.1. The van der Waals surface area contributed by atoms with Gasteiger partial charge in [0.15, 0.2) is 0 Å². The SMILES string of the molecule is CN1CCCC(S(=O)(=O)NCC2CCNC2)C1. The van der Waals surface area contributed by atoms with Crippen LogP contribution in [0.3, 0.4) is 0 Å². The Balaban J connectivity index is 1.84. The van der Waals surface area contributed by atoms with Crippen molar-refractivity contribution >= 4 is 10.0 Å². The van der Waals surface area contributed by atoms with E-state index in [1.54, 1.807) is 0 Å². The van der Waals surface area contributed by atoms with Crippen LogP contribution in [0.4, 0.5) is 0 Å². The second kappa shape index (κ2) is 5.65. The number of hydrogen-bond acceptors (Lipinski definition) is 4. The monoisotopic (exact) mass is 261 g/mol. The molecule has 2 aliphatic heterocycles. The minimum Gasteiger partial charge on any atom is -0.316 e. The molecule has 0 aromatic carbocycles. The predicted octanol–water partition coefficient (Wildman–Crippen LogP) is -0.390. The summed E-state index contributed by atoms with van der Waals surface area (Å²) < 4.78 is 27.1. The molecular formula is C11H23N3O2S. The van der Waals surface area contributed by atoms with Gasteiger partial charge in [0.25, 0.3) is 0 Å². The van der Waals surface area contributed by atoms with Crippen LogP contribution in [0.15, 0.2) is 0 Å². The Morgan fingerprint density at radius 3 is 2.88 bits per heavy atom. The summed E-state index contributed by atoms with van der Waals surface area (Å²) in [7, 11) is -1.13. The average molecular weight is 261 g/mol. The minimum absolute atomic E-state index is 0.226. The Morgan fingerprint density at radius 2 is 2.24 bits per heavy atom. The Morgan fingerprint density at radius 1 is 1.41 bits per heavy atom. The van der Waals surface area contributed by atoms with E-state index in [0.717, 1.165) is 38.9 Å². The van der Waals surface area contributed by atoms with Gasteiger partial charge >= 0.3 is 0 Å². The molecule has 6 heteroatoms. The summed E-state index contributed by atoms with van der Waals surface area (Å²) in [5, 5.41) is 3.03. The molecule has 2 heterocycles. The molecule has 5 nitrogen and oxygen atoms in total. The van der Waals surface area contributed by atoms with E-state index >= 15 is 0 Å². The molecule has 17 heavy (non-hydrogen) atoms. The average Bonchev–Trinajstić information content (AvgIpc) is 2.79. The highest BCUT2D eigenvalue weighted by Crippen LogP contribution is 2.15. The molecule has 2 atom stereocenters. The zero-order valence-electron chi connectivity index (χ0n) is 10.5. The molecule has 0 saturated carbocycles. The first-order chi connectivity index (χ1) is 8.08. The van der Waals surface area contributed by atoms with Gasteiger partial charge in [0.2, 0.25) is 10.0 Å². The van der Waals surface area contributed by atoms with Crippen LogP contribution in [0.2, 0.25) is 0 Å². The highest BCUT2D eigenvalue weighted by Gasteiger charge is 2.29. The fraction of sp³-hybridized carbons (Fsp3) is 1.00. The molecule has 2 fully saturated rings. The van der Waals surface area contributed by atoms with Gasteiger partial charge in [-0.25, -0.2) is 13.1 Å². The first kappa shape index (κ1) is 13.3. The van der Waals surface area contributed by atoms with E-state index < -0.39 is 10.0 Å². The van der Waals surface area contributed by atoms with Crippen molar-refractivity contribution in [3.63, 3.8) is 0 Å². The third kappa shape index (κ3) is 3.64. The summed E-state index contributed by atoms with van der Waals surface area (Å²) >= 11 is 0. The van der Waals surface area contributed by atoms with Crippen LogP contribution in [-0.4, -0.2) is 58.3 Å². The molecule has 2 N–H and O–H groups in total.